The average molecular weight is 731 g/mol. The van der Waals surface area contributed by atoms with Gasteiger partial charge in [-0.3, -0.25) is 0 Å². The predicted molar refractivity (Wildman–Crippen MR) is 234 cm³/mol. The smallest absolute Gasteiger partial charge is 0.160 e. The molecule has 0 radical (unpaired) electrons. The number of fused-ring (bicyclic) bond motifs is 6. The first-order valence-corrected chi connectivity index (χ1v) is 19.9. The van der Waals surface area contributed by atoms with Crippen molar-refractivity contribution in [3.8, 4) is 56.2 Å². The van der Waals surface area contributed by atoms with Gasteiger partial charge in [-0.1, -0.05) is 182 Å². The second kappa shape index (κ2) is 13.1. The standard InChI is InChI=1S/C53H34N2S/c1-3-15-37(16-4-1)52-54-48(34-49(55-52)38-31-32-51-44(33-38)43-22-10-14-26-50(43)56-51)36-29-27-35(28-30-36)40-19-7-11-23-45(40)53(39-17-5-2-6-18-39)46-24-12-8-20-41(46)42-21-9-13-25-47(42)53/h1-34H. The number of nitrogens with zero attached hydrogens (tertiary/aromatic N) is 2. The molecular weight excluding hydrogens is 697 g/mol. The Morgan fingerprint density at radius 2 is 0.839 bits per heavy atom. The van der Waals surface area contributed by atoms with Crippen LogP contribution in [0, 0.1) is 0 Å². The Hall–Kier alpha value is -6.94. The molecule has 8 aromatic carbocycles. The van der Waals surface area contributed by atoms with E-state index in [0.717, 1.165) is 33.6 Å². The lowest BCUT2D eigenvalue weighted by Gasteiger charge is -2.35. The quantitative estimate of drug-likeness (QED) is 0.170. The molecule has 2 aromatic heterocycles. The van der Waals surface area contributed by atoms with E-state index in [1.807, 2.05) is 29.5 Å². The van der Waals surface area contributed by atoms with Gasteiger partial charge in [0.2, 0.25) is 0 Å². The fourth-order valence-corrected chi connectivity index (χ4v) is 9.99. The van der Waals surface area contributed by atoms with Crippen molar-refractivity contribution >= 4 is 31.5 Å². The number of rotatable bonds is 6. The maximum absolute atomic E-state index is 5.18. The fourth-order valence-electron chi connectivity index (χ4n) is 8.91. The number of hydrogen-bond donors (Lipinski definition) is 0. The molecule has 0 N–H and O–H groups in total. The van der Waals surface area contributed by atoms with Gasteiger partial charge in [0.15, 0.2) is 5.82 Å². The molecule has 2 nitrogen and oxygen atoms in total. The summed E-state index contributed by atoms with van der Waals surface area (Å²) in [5.41, 5.74) is 14.5. The van der Waals surface area contributed by atoms with Crippen LogP contribution in [0.5, 0.6) is 0 Å². The normalized spacial score (nSPS) is 12.8. The zero-order valence-electron chi connectivity index (χ0n) is 30.4. The van der Waals surface area contributed by atoms with Crippen LogP contribution in [0.1, 0.15) is 22.3 Å². The van der Waals surface area contributed by atoms with Gasteiger partial charge in [-0.25, -0.2) is 9.97 Å². The van der Waals surface area contributed by atoms with E-state index in [0.29, 0.717) is 5.82 Å². The topological polar surface area (TPSA) is 25.8 Å². The SMILES string of the molecule is c1ccc(-c2nc(-c3ccc(-c4ccccc4C4(c5ccccc5)c5ccccc5-c5ccccc54)cc3)cc(-c3ccc4sc5ccccc5c4c3)n2)cc1. The minimum atomic E-state index is -0.481. The Morgan fingerprint density at radius 3 is 1.54 bits per heavy atom. The van der Waals surface area contributed by atoms with E-state index in [4.69, 9.17) is 9.97 Å². The highest BCUT2D eigenvalue weighted by molar-refractivity contribution is 7.25. The van der Waals surface area contributed by atoms with E-state index in [2.05, 4.69) is 188 Å². The van der Waals surface area contributed by atoms with E-state index in [9.17, 15) is 0 Å². The van der Waals surface area contributed by atoms with Crippen LogP contribution in [0.3, 0.4) is 0 Å². The molecule has 1 aliphatic rings. The van der Waals surface area contributed by atoms with Crippen LogP contribution in [0.2, 0.25) is 0 Å². The van der Waals surface area contributed by atoms with E-state index >= 15 is 0 Å². The molecular formula is C53H34N2S. The van der Waals surface area contributed by atoms with Crippen molar-refractivity contribution in [1.29, 1.82) is 0 Å². The number of hydrogen-bond acceptors (Lipinski definition) is 3. The average Bonchev–Trinajstić information content (AvgIpc) is 3.80. The first-order valence-electron chi connectivity index (χ1n) is 19.1. The van der Waals surface area contributed by atoms with Crippen molar-refractivity contribution in [2.24, 2.45) is 0 Å². The Bertz CT molecular complexity index is 3030. The molecule has 0 bridgehead atoms. The fraction of sp³-hybridized carbons (Fsp3) is 0.0189. The molecule has 0 atom stereocenters. The zero-order valence-corrected chi connectivity index (χ0v) is 31.2. The lowest BCUT2D eigenvalue weighted by molar-refractivity contribution is 0.770. The van der Waals surface area contributed by atoms with Gasteiger partial charge in [-0.05, 0) is 68.8 Å². The van der Waals surface area contributed by atoms with Gasteiger partial charge >= 0.3 is 0 Å². The highest BCUT2D eigenvalue weighted by Crippen LogP contribution is 2.57. The van der Waals surface area contributed by atoms with E-state index in [-0.39, 0.29) is 0 Å². The molecule has 2 heterocycles. The van der Waals surface area contributed by atoms with Crippen LogP contribution in [-0.2, 0) is 5.41 Å². The lowest BCUT2D eigenvalue weighted by Crippen LogP contribution is -2.29. The summed E-state index contributed by atoms with van der Waals surface area (Å²) in [6.45, 7) is 0. The van der Waals surface area contributed by atoms with E-state index in [1.165, 1.54) is 59.1 Å². The molecule has 0 spiro atoms. The number of thiophene rings is 1. The lowest BCUT2D eigenvalue weighted by atomic mass is 9.66. The van der Waals surface area contributed by atoms with Gasteiger partial charge in [-0.2, -0.15) is 0 Å². The van der Waals surface area contributed by atoms with Crippen molar-refractivity contribution < 1.29 is 0 Å². The summed E-state index contributed by atoms with van der Waals surface area (Å²) in [7, 11) is 0. The molecule has 11 rings (SSSR count). The molecule has 0 saturated heterocycles. The number of benzene rings is 8. The Labute approximate surface area is 330 Å². The maximum Gasteiger partial charge on any atom is 0.160 e. The predicted octanol–water partition coefficient (Wildman–Crippen LogP) is 13.9. The monoisotopic (exact) mass is 730 g/mol. The van der Waals surface area contributed by atoms with Crippen molar-refractivity contribution in [2.45, 2.75) is 5.41 Å². The molecule has 56 heavy (non-hydrogen) atoms. The molecule has 0 amide bonds. The molecule has 0 unspecified atom stereocenters. The molecule has 0 saturated carbocycles. The first-order chi connectivity index (χ1) is 27.8. The molecule has 0 aliphatic heterocycles. The van der Waals surface area contributed by atoms with Gasteiger partial charge in [0.05, 0.1) is 16.8 Å². The van der Waals surface area contributed by atoms with Crippen molar-refractivity contribution in [3.05, 3.63) is 229 Å². The molecule has 1 aliphatic carbocycles. The van der Waals surface area contributed by atoms with Gasteiger partial charge in [-0.15, -0.1) is 11.3 Å². The van der Waals surface area contributed by atoms with Crippen LogP contribution in [0.4, 0.5) is 0 Å². The summed E-state index contributed by atoms with van der Waals surface area (Å²) in [5.74, 6) is 0.714. The van der Waals surface area contributed by atoms with E-state index in [1.54, 1.807) is 0 Å². The summed E-state index contributed by atoms with van der Waals surface area (Å²) < 4.78 is 2.58. The number of aromatic nitrogens is 2. The third-order valence-corrected chi connectivity index (χ3v) is 12.6. The van der Waals surface area contributed by atoms with Gasteiger partial charge in [0.25, 0.3) is 0 Å². The van der Waals surface area contributed by atoms with E-state index < -0.39 is 5.41 Å². The van der Waals surface area contributed by atoms with Crippen LogP contribution in [0.15, 0.2) is 206 Å². The largest absolute Gasteiger partial charge is 0.228 e. The summed E-state index contributed by atoms with van der Waals surface area (Å²) in [6.07, 6.45) is 0. The van der Waals surface area contributed by atoms with Crippen molar-refractivity contribution in [1.82, 2.24) is 9.97 Å². The third-order valence-electron chi connectivity index (χ3n) is 11.4. The third kappa shape index (κ3) is 5.09. The molecule has 3 heteroatoms. The summed E-state index contributed by atoms with van der Waals surface area (Å²) in [5, 5.41) is 2.54. The van der Waals surface area contributed by atoms with Crippen LogP contribution < -0.4 is 0 Å². The minimum Gasteiger partial charge on any atom is -0.228 e. The van der Waals surface area contributed by atoms with Crippen molar-refractivity contribution in [2.75, 3.05) is 0 Å². The van der Waals surface area contributed by atoms with Crippen LogP contribution in [0.25, 0.3) is 76.3 Å². The molecule has 10 aromatic rings. The van der Waals surface area contributed by atoms with Gasteiger partial charge in [0, 0.05) is 36.9 Å². The first kappa shape index (κ1) is 32.5. The summed E-state index contributed by atoms with van der Waals surface area (Å²) in [6, 6.07) is 74.6. The van der Waals surface area contributed by atoms with Crippen molar-refractivity contribution in [3.63, 3.8) is 0 Å². The Balaban J connectivity index is 1.06. The summed E-state index contributed by atoms with van der Waals surface area (Å²) >= 11 is 1.83. The second-order valence-electron chi connectivity index (χ2n) is 14.5. The molecule has 0 fully saturated rings. The highest BCUT2D eigenvalue weighted by atomic mass is 32.1. The zero-order chi connectivity index (χ0) is 37.1. The van der Waals surface area contributed by atoms with Crippen LogP contribution in [-0.4, -0.2) is 9.97 Å². The Kier molecular flexibility index (Phi) is 7.61. The minimum absolute atomic E-state index is 0.481. The van der Waals surface area contributed by atoms with Gasteiger partial charge in [0.1, 0.15) is 0 Å². The molecule has 262 valence electrons. The van der Waals surface area contributed by atoms with Gasteiger partial charge < -0.3 is 0 Å². The Morgan fingerprint density at radius 1 is 0.339 bits per heavy atom. The summed E-state index contributed by atoms with van der Waals surface area (Å²) in [4.78, 5) is 10.3. The second-order valence-corrected chi connectivity index (χ2v) is 15.6. The maximum atomic E-state index is 5.18. The highest BCUT2D eigenvalue weighted by Gasteiger charge is 2.46. The van der Waals surface area contributed by atoms with Crippen LogP contribution >= 0.6 is 11.3 Å².